The second-order valence-corrected chi connectivity index (χ2v) is 6.48. The summed E-state index contributed by atoms with van der Waals surface area (Å²) in [6.07, 6.45) is 11.5. The van der Waals surface area contributed by atoms with Crippen molar-refractivity contribution < 1.29 is 9.90 Å². The summed E-state index contributed by atoms with van der Waals surface area (Å²) in [6, 6.07) is 3.58. The molecule has 3 heterocycles. The molecule has 0 radical (unpaired) electrons. The molecule has 1 aliphatic rings. The molecule has 2 unspecified atom stereocenters. The summed E-state index contributed by atoms with van der Waals surface area (Å²) in [6.45, 7) is 1.77. The summed E-state index contributed by atoms with van der Waals surface area (Å²) in [4.78, 5) is 22.7. The van der Waals surface area contributed by atoms with Crippen molar-refractivity contribution in [1.82, 2.24) is 19.9 Å². The number of aryl methyl sites for hydroxylation is 1. The van der Waals surface area contributed by atoms with Crippen LogP contribution in [0.4, 0.5) is 5.82 Å². The number of aliphatic hydroxyl groups is 1. The van der Waals surface area contributed by atoms with Gasteiger partial charge in [-0.1, -0.05) is 5.92 Å². The van der Waals surface area contributed by atoms with E-state index in [2.05, 4.69) is 26.1 Å². The van der Waals surface area contributed by atoms with E-state index in [0.29, 0.717) is 17.9 Å². The van der Waals surface area contributed by atoms with E-state index in [1.54, 1.807) is 18.5 Å². The number of aromatic nitrogens is 3. The molecule has 7 nitrogen and oxygen atoms in total. The first-order valence-electron chi connectivity index (χ1n) is 8.68. The summed E-state index contributed by atoms with van der Waals surface area (Å²) < 4.78 is 1.85. The number of pyridine rings is 1. The number of imidazole rings is 1. The normalized spacial score (nSPS) is 18.2. The van der Waals surface area contributed by atoms with Crippen molar-refractivity contribution in [1.29, 1.82) is 0 Å². The van der Waals surface area contributed by atoms with Crippen molar-refractivity contribution >= 4 is 11.7 Å². The van der Waals surface area contributed by atoms with Crippen LogP contribution in [0.3, 0.4) is 0 Å². The lowest BCUT2D eigenvalue weighted by atomic mass is 9.92. The van der Waals surface area contributed by atoms with Crippen LogP contribution in [-0.2, 0) is 7.05 Å². The number of anilines is 1. The van der Waals surface area contributed by atoms with Crippen molar-refractivity contribution in [2.75, 3.05) is 24.5 Å². The smallest absolute Gasteiger partial charge is 0.253 e. The lowest BCUT2D eigenvalue weighted by Crippen LogP contribution is -2.38. The quantitative estimate of drug-likeness (QED) is 0.788. The van der Waals surface area contributed by atoms with Crippen LogP contribution < -0.4 is 10.2 Å². The minimum Gasteiger partial charge on any atom is -0.385 e. The van der Waals surface area contributed by atoms with Gasteiger partial charge in [-0.05, 0) is 25.0 Å². The number of carbonyl (C=O) groups is 1. The topological polar surface area (TPSA) is 83.3 Å². The Balaban J connectivity index is 1.67. The molecule has 0 aromatic carbocycles. The van der Waals surface area contributed by atoms with E-state index in [1.807, 2.05) is 23.9 Å². The fraction of sp³-hybridized carbons (Fsp3) is 0.421. The molecule has 2 aromatic heterocycles. The van der Waals surface area contributed by atoms with Crippen LogP contribution in [0, 0.1) is 18.3 Å². The van der Waals surface area contributed by atoms with Gasteiger partial charge >= 0.3 is 0 Å². The van der Waals surface area contributed by atoms with Crippen molar-refractivity contribution in [2.24, 2.45) is 13.0 Å². The average Bonchev–Trinajstić information content (AvgIpc) is 3.11. The SMILES string of the molecule is C#CCNC(=O)c1ccc(N2CCCC(C(O)c3nccn3C)C2)nc1. The Morgan fingerprint density at radius 2 is 2.35 bits per heavy atom. The van der Waals surface area contributed by atoms with Crippen LogP contribution in [0.15, 0.2) is 30.7 Å². The summed E-state index contributed by atoms with van der Waals surface area (Å²) >= 11 is 0. The molecule has 0 aliphatic carbocycles. The number of hydrogen-bond acceptors (Lipinski definition) is 5. The number of nitrogens with zero attached hydrogens (tertiary/aromatic N) is 4. The first-order chi connectivity index (χ1) is 12.6. The van der Waals surface area contributed by atoms with Crippen molar-refractivity contribution in [2.45, 2.75) is 18.9 Å². The van der Waals surface area contributed by atoms with Crippen LogP contribution in [-0.4, -0.2) is 45.2 Å². The molecular weight excluding hydrogens is 330 g/mol. The number of terminal acetylenes is 1. The Labute approximate surface area is 153 Å². The van der Waals surface area contributed by atoms with E-state index in [0.717, 1.165) is 25.2 Å². The molecule has 0 spiro atoms. The van der Waals surface area contributed by atoms with Gasteiger partial charge in [-0.25, -0.2) is 9.97 Å². The zero-order valence-corrected chi connectivity index (χ0v) is 14.8. The molecule has 7 heteroatoms. The Hall–Kier alpha value is -2.85. The van der Waals surface area contributed by atoms with E-state index in [9.17, 15) is 9.90 Å². The van der Waals surface area contributed by atoms with Gasteiger partial charge < -0.3 is 19.9 Å². The molecular formula is C19H23N5O2. The molecule has 3 rings (SSSR count). The number of piperidine rings is 1. The zero-order chi connectivity index (χ0) is 18.5. The first kappa shape index (κ1) is 18.0. The van der Waals surface area contributed by atoms with Crippen molar-refractivity contribution in [3.05, 3.63) is 42.1 Å². The van der Waals surface area contributed by atoms with Gasteiger partial charge in [0.2, 0.25) is 0 Å². The highest BCUT2D eigenvalue weighted by atomic mass is 16.3. The van der Waals surface area contributed by atoms with Crippen LogP contribution in [0.25, 0.3) is 0 Å². The van der Waals surface area contributed by atoms with Crippen LogP contribution in [0.1, 0.15) is 35.1 Å². The summed E-state index contributed by atoms with van der Waals surface area (Å²) in [5.41, 5.74) is 0.477. The second-order valence-electron chi connectivity index (χ2n) is 6.48. The van der Waals surface area contributed by atoms with E-state index >= 15 is 0 Å². The lowest BCUT2D eigenvalue weighted by molar-refractivity contribution is 0.0874. The molecule has 1 amide bonds. The molecule has 0 saturated carbocycles. The monoisotopic (exact) mass is 353 g/mol. The molecule has 1 aliphatic heterocycles. The molecule has 1 saturated heterocycles. The van der Waals surface area contributed by atoms with Gasteiger partial charge in [0, 0.05) is 44.6 Å². The van der Waals surface area contributed by atoms with Gasteiger partial charge in [0.1, 0.15) is 17.7 Å². The standard InChI is InChI=1S/C19H23N5O2/c1-3-8-21-19(26)14-6-7-16(22-12-14)24-10-4-5-15(13-24)17(25)18-20-9-11-23(18)2/h1,6-7,9,11-12,15,17,25H,4-5,8,10,13H2,2H3,(H,21,26). The minimum atomic E-state index is -0.605. The Kier molecular flexibility index (Phi) is 5.54. The summed E-state index contributed by atoms with van der Waals surface area (Å²) in [7, 11) is 1.89. The fourth-order valence-corrected chi connectivity index (χ4v) is 3.29. The fourth-order valence-electron chi connectivity index (χ4n) is 3.29. The largest absolute Gasteiger partial charge is 0.385 e. The molecule has 1 fully saturated rings. The predicted octanol–water partition coefficient (Wildman–Crippen LogP) is 1.13. The van der Waals surface area contributed by atoms with Crippen LogP contribution >= 0.6 is 0 Å². The predicted molar refractivity (Wildman–Crippen MR) is 98.5 cm³/mol. The number of nitrogens with one attached hydrogen (secondary N) is 1. The Bertz CT molecular complexity index is 793. The second kappa shape index (κ2) is 8.02. The number of carbonyl (C=O) groups excluding carboxylic acids is 1. The highest BCUT2D eigenvalue weighted by molar-refractivity contribution is 5.94. The van der Waals surface area contributed by atoms with E-state index in [-0.39, 0.29) is 18.4 Å². The highest BCUT2D eigenvalue weighted by Gasteiger charge is 2.29. The van der Waals surface area contributed by atoms with Gasteiger partial charge in [-0.2, -0.15) is 0 Å². The number of hydrogen-bond donors (Lipinski definition) is 2. The number of aliphatic hydroxyl groups excluding tert-OH is 1. The molecule has 136 valence electrons. The van der Waals surface area contributed by atoms with Gasteiger partial charge in [-0.3, -0.25) is 4.79 Å². The summed E-state index contributed by atoms with van der Waals surface area (Å²) in [5, 5.41) is 13.3. The lowest BCUT2D eigenvalue weighted by Gasteiger charge is -2.35. The van der Waals surface area contributed by atoms with Crippen molar-refractivity contribution in [3.8, 4) is 12.3 Å². The van der Waals surface area contributed by atoms with Crippen LogP contribution in [0.5, 0.6) is 0 Å². The maximum atomic E-state index is 11.9. The van der Waals surface area contributed by atoms with E-state index in [4.69, 9.17) is 6.42 Å². The zero-order valence-electron chi connectivity index (χ0n) is 14.8. The molecule has 0 bridgehead atoms. The third kappa shape index (κ3) is 3.86. The van der Waals surface area contributed by atoms with Crippen LogP contribution in [0.2, 0.25) is 0 Å². The third-order valence-electron chi connectivity index (χ3n) is 4.71. The minimum absolute atomic E-state index is 0.0882. The average molecular weight is 353 g/mol. The van der Waals surface area contributed by atoms with E-state index in [1.165, 1.54) is 0 Å². The van der Waals surface area contributed by atoms with Crippen molar-refractivity contribution in [3.63, 3.8) is 0 Å². The van der Waals surface area contributed by atoms with Gasteiger partial charge in [-0.15, -0.1) is 6.42 Å². The molecule has 2 atom stereocenters. The molecule has 26 heavy (non-hydrogen) atoms. The third-order valence-corrected chi connectivity index (χ3v) is 4.71. The number of rotatable bonds is 5. The summed E-state index contributed by atoms with van der Waals surface area (Å²) in [5.74, 6) is 3.71. The molecule has 2 N–H and O–H groups in total. The maximum absolute atomic E-state index is 11.9. The highest BCUT2D eigenvalue weighted by Crippen LogP contribution is 2.30. The Morgan fingerprint density at radius 1 is 1.50 bits per heavy atom. The first-order valence-corrected chi connectivity index (χ1v) is 8.68. The Morgan fingerprint density at radius 3 is 3.00 bits per heavy atom. The van der Waals surface area contributed by atoms with Gasteiger partial charge in [0.05, 0.1) is 12.1 Å². The van der Waals surface area contributed by atoms with E-state index < -0.39 is 6.10 Å². The van der Waals surface area contributed by atoms with Gasteiger partial charge in [0.15, 0.2) is 0 Å². The maximum Gasteiger partial charge on any atom is 0.253 e. The number of amides is 1. The molecule has 2 aromatic rings. The van der Waals surface area contributed by atoms with Gasteiger partial charge in [0.25, 0.3) is 5.91 Å².